The zero-order valence-electron chi connectivity index (χ0n) is 11.8. The SMILES string of the molecule is CC(C)CNCC1CCC1Cc1cccc(Cl)c1F. The Bertz CT molecular complexity index is 419. The second-order valence-electron chi connectivity index (χ2n) is 6.07. The van der Waals surface area contributed by atoms with Crippen LogP contribution in [0.1, 0.15) is 32.3 Å². The fourth-order valence-corrected chi connectivity index (χ4v) is 2.92. The van der Waals surface area contributed by atoms with E-state index >= 15 is 0 Å². The summed E-state index contributed by atoms with van der Waals surface area (Å²) >= 11 is 5.83. The molecule has 2 rings (SSSR count). The second-order valence-corrected chi connectivity index (χ2v) is 6.47. The van der Waals surface area contributed by atoms with Crippen LogP contribution in [0.25, 0.3) is 0 Å². The minimum atomic E-state index is -0.232. The van der Waals surface area contributed by atoms with E-state index in [1.165, 1.54) is 12.8 Å². The van der Waals surface area contributed by atoms with E-state index in [1.54, 1.807) is 6.07 Å². The summed E-state index contributed by atoms with van der Waals surface area (Å²) in [6, 6.07) is 5.31. The summed E-state index contributed by atoms with van der Waals surface area (Å²) in [5, 5.41) is 3.75. The molecule has 0 amide bonds. The van der Waals surface area contributed by atoms with Crippen LogP contribution in [0.15, 0.2) is 18.2 Å². The van der Waals surface area contributed by atoms with Crippen LogP contribution in [0.5, 0.6) is 0 Å². The van der Waals surface area contributed by atoms with Gasteiger partial charge >= 0.3 is 0 Å². The molecule has 0 aliphatic heterocycles. The van der Waals surface area contributed by atoms with E-state index in [2.05, 4.69) is 19.2 Å². The van der Waals surface area contributed by atoms with Crippen LogP contribution < -0.4 is 5.32 Å². The Morgan fingerprint density at radius 2 is 2.05 bits per heavy atom. The molecular weight excluding hydrogens is 261 g/mol. The van der Waals surface area contributed by atoms with Crippen molar-refractivity contribution < 1.29 is 4.39 Å². The van der Waals surface area contributed by atoms with E-state index in [9.17, 15) is 4.39 Å². The van der Waals surface area contributed by atoms with Gasteiger partial charge in [0.15, 0.2) is 0 Å². The number of benzene rings is 1. The number of hydrogen-bond donors (Lipinski definition) is 1. The Balaban J connectivity index is 1.84. The highest BCUT2D eigenvalue weighted by atomic mass is 35.5. The predicted octanol–water partition coefficient (Wildman–Crippen LogP) is 4.29. The van der Waals surface area contributed by atoms with Gasteiger partial charge in [0.2, 0.25) is 0 Å². The van der Waals surface area contributed by atoms with Gasteiger partial charge in [-0.25, -0.2) is 4.39 Å². The van der Waals surface area contributed by atoms with E-state index in [1.807, 2.05) is 12.1 Å². The normalized spacial score (nSPS) is 22.6. The van der Waals surface area contributed by atoms with Crippen molar-refractivity contribution in [3.63, 3.8) is 0 Å². The maximum atomic E-state index is 13.9. The van der Waals surface area contributed by atoms with Crippen LogP contribution in [0.2, 0.25) is 5.02 Å². The Morgan fingerprint density at radius 3 is 2.68 bits per heavy atom. The fourth-order valence-electron chi connectivity index (χ4n) is 2.72. The van der Waals surface area contributed by atoms with Crippen LogP contribution >= 0.6 is 11.6 Å². The van der Waals surface area contributed by atoms with Gasteiger partial charge in [-0.3, -0.25) is 0 Å². The van der Waals surface area contributed by atoms with Gasteiger partial charge < -0.3 is 5.32 Å². The molecule has 0 heterocycles. The molecule has 19 heavy (non-hydrogen) atoms. The molecule has 0 radical (unpaired) electrons. The Hall–Kier alpha value is -0.600. The molecule has 0 spiro atoms. The highest BCUT2D eigenvalue weighted by Crippen LogP contribution is 2.37. The average molecular weight is 284 g/mol. The topological polar surface area (TPSA) is 12.0 Å². The van der Waals surface area contributed by atoms with Gasteiger partial charge in [-0.05, 0) is 61.7 Å². The van der Waals surface area contributed by atoms with Crippen LogP contribution in [0.4, 0.5) is 4.39 Å². The van der Waals surface area contributed by atoms with E-state index < -0.39 is 0 Å². The molecule has 3 heteroatoms. The van der Waals surface area contributed by atoms with Gasteiger partial charge in [0.1, 0.15) is 5.82 Å². The van der Waals surface area contributed by atoms with Crippen LogP contribution in [-0.4, -0.2) is 13.1 Å². The Labute approximate surface area is 120 Å². The van der Waals surface area contributed by atoms with Crippen molar-refractivity contribution in [3.05, 3.63) is 34.6 Å². The van der Waals surface area contributed by atoms with E-state index in [4.69, 9.17) is 11.6 Å². The molecule has 2 atom stereocenters. The molecule has 1 N–H and O–H groups in total. The summed E-state index contributed by atoms with van der Waals surface area (Å²) in [7, 11) is 0. The maximum Gasteiger partial charge on any atom is 0.144 e. The number of nitrogens with one attached hydrogen (secondary N) is 1. The minimum Gasteiger partial charge on any atom is -0.316 e. The summed E-state index contributed by atoms with van der Waals surface area (Å²) in [4.78, 5) is 0. The molecule has 1 nitrogen and oxygen atoms in total. The van der Waals surface area contributed by atoms with Crippen molar-refractivity contribution >= 4 is 11.6 Å². The second kappa shape index (κ2) is 6.71. The first-order valence-corrected chi connectivity index (χ1v) is 7.59. The molecule has 1 aromatic carbocycles. The maximum absolute atomic E-state index is 13.9. The molecule has 0 saturated heterocycles. The van der Waals surface area contributed by atoms with Crippen LogP contribution in [0, 0.1) is 23.6 Å². The molecule has 0 aromatic heterocycles. The highest BCUT2D eigenvalue weighted by Gasteiger charge is 2.31. The zero-order chi connectivity index (χ0) is 13.8. The zero-order valence-corrected chi connectivity index (χ0v) is 12.5. The lowest BCUT2D eigenvalue weighted by molar-refractivity contribution is 0.168. The molecule has 1 aliphatic rings. The third-order valence-electron chi connectivity index (χ3n) is 4.05. The third kappa shape index (κ3) is 3.93. The molecule has 1 aromatic rings. The van der Waals surface area contributed by atoms with Crippen molar-refractivity contribution in [2.24, 2.45) is 17.8 Å². The first-order valence-electron chi connectivity index (χ1n) is 7.21. The van der Waals surface area contributed by atoms with Crippen molar-refractivity contribution in [1.29, 1.82) is 0 Å². The molecule has 1 aliphatic carbocycles. The third-order valence-corrected chi connectivity index (χ3v) is 4.34. The van der Waals surface area contributed by atoms with Gasteiger partial charge in [-0.1, -0.05) is 37.6 Å². The van der Waals surface area contributed by atoms with Gasteiger partial charge in [-0.15, -0.1) is 0 Å². The monoisotopic (exact) mass is 283 g/mol. The predicted molar refractivity (Wildman–Crippen MR) is 79.0 cm³/mol. The van der Waals surface area contributed by atoms with Gasteiger partial charge in [0, 0.05) is 0 Å². The Kier molecular flexibility index (Phi) is 5.23. The largest absolute Gasteiger partial charge is 0.316 e. The lowest BCUT2D eigenvalue weighted by Gasteiger charge is -2.37. The first-order chi connectivity index (χ1) is 9.08. The molecular formula is C16H23ClFN. The quantitative estimate of drug-likeness (QED) is 0.821. The van der Waals surface area contributed by atoms with Gasteiger partial charge in [-0.2, -0.15) is 0 Å². The molecule has 0 bridgehead atoms. The van der Waals surface area contributed by atoms with E-state index in [0.717, 1.165) is 25.1 Å². The molecule has 1 fully saturated rings. The van der Waals surface area contributed by atoms with Crippen molar-refractivity contribution in [2.75, 3.05) is 13.1 Å². The summed E-state index contributed by atoms with van der Waals surface area (Å²) < 4.78 is 13.9. The van der Waals surface area contributed by atoms with Crippen LogP contribution in [0.3, 0.4) is 0 Å². The minimum absolute atomic E-state index is 0.232. The smallest absolute Gasteiger partial charge is 0.144 e. The summed E-state index contributed by atoms with van der Waals surface area (Å²) in [6.07, 6.45) is 3.29. The summed E-state index contributed by atoms with van der Waals surface area (Å²) in [6.45, 7) is 6.55. The molecule has 106 valence electrons. The number of halogens is 2. The van der Waals surface area contributed by atoms with Gasteiger partial charge in [0.25, 0.3) is 0 Å². The molecule has 1 saturated carbocycles. The van der Waals surface area contributed by atoms with Gasteiger partial charge in [0.05, 0.1) is 5.02 Å². The number of hydrogen-bond acceptors (Lipinski definition) is 1. The average Bonchev–Trinajstić information content (AvgIpc) is 2.34. The lowest BCUT2D eigenvalue weighted by atomic mass is 9.70. The Morgan fingerprint density at radius 1 is 1.32 bits per heavy atom. The van der Waals surface area contributed by atoms with Crippen molar-refractivity contribution in [3.8, 4) is 0 Å². The molecule has 2 unspecified atom stereocenters. The fraction of sp³-hybridized carbons (Fsp3) is 0.625. The number of rotatable bonds is 6. The van der Waals surface area contributed by atoms with E-state index in [-0.39, 0.29) is 10.8 Å². The summed E-state index contributed by atoms with van der Waals surface area (Å²) in [5.41, 5.74) is 0.769. The van der Waals surface area contributed by atoms with E-state index in [0.29, 0.717) is 17.8 Å². The van der Waals surface area contributed by atoms with Crippen molar-refractivity contribution in [1.82, 2.24) is 5.32 Å². The standard InChI is InChI=1S/C16H23ClFN/c1-11(2)9-19-10-14-7-6-12(14)8-13-4-3-5-15(17)16(13)18/h3-5,11-12,14,19H,6-10H2,1-2H3. The van der Waals surface area contributed by atoms with Crippen LogP contribution in [-0.2, 0) is 6.42 Å². The van der Waals surface area contributed by atoms with Crippen molar-refractivity contribution in [2.45, 2.75) is 33.1 Å². The highest BCUT2D eigenvalue weighted by molar-refractivity contribution is 6.30. The first kappa shape index (κ1) is 14.8. The summed E-state index contributed by atoms with van der Waals surface area (Å²) in [5.74, 6) is 1.75. The lowest BCUT2D eigenvalue weighted by Crippen LogP contribution is -2.37.